The number of ether oxygens (including phenoxy) is 1. The summed E-state index contributed by atoms with van der Waals surface area (Å²) in [6.45, 7) is 8.06. The fourth-order valence-electron chi connectivity index (χ4n) is 1.55. The molecule has 0 aromatic carbocycles. The summed E-state index contributed by atoms with van der Waals surface area (Å²) < 4.78 is 12.4. The van der Waals surface area contributed by atoms with E-state index < -0.39 is 18.3 Å². The maximum Gasteiger partial charge on any atom is 0.494 e. The van der Waals surface area contributed by atoms with Crippen LogP contribution in [0.15, 0.2) is 12.4 Å². The van der Waals surface area contributed by atoms with E-state index in [0.717, 1.165) is 0 Å². The highest BCUT2D eigenvalue weighted by Gasteiger charge is 2.40. The van der Waals surface area contributed by atoms with E-state index in [1.165, 1.54) is 0 Å². The Hall–Kier alpha value is -0.885. The van der Waals surface area contributed by atoms with E-state index in [-0.39, 0.29) is 6.04 Å². The molecule has 0 aliphatic carbocycles. The van der Waals surface area contributed by atoms with Gasteiger partial charge in [-0.05, 0) is 27.7 Å². The van der Waals surface area contributed by atoms with Crippen LogP contribution in [-0.4, -0.2) is 51.4 Å². The van der Waals surface area contributed by atoms with Gasteiger partial charge in [-0.15, -0.1) is 0 Å². The molecule has 0 radical (unpaired) electrons. The van der Waals surface area contributed by atoms with Gasteiger partial charge in [0.25, 0.3) is 0 Å². The number of aromatic nitrogens is 2. The lowest BCUT2D eigenvalue weighted by Gasteiger charge is -2.38. The lowest BCUT2D eigenvalue weighted by molar-refractivity contribution is -0.0982. The Bertz CT molecular complexity index is 437. The molecule has 7 heteroatoms. The molecule has 2 rings (SSSR count). The van der Waals surface area contributed by atoms with Crippen LogP contribution in [0.5, 0.6) is 0 Å². The Labute approximate surface area is 113 Å². The first kappa shape index (κ1) is 14.5. The van der Waals surface area contributed by atoms with Crippen LogP contribution in [0.2, 0.25) is 0 Å². The van der Waals surface area contributed by atoms with E-state index in [9.17, 15) is 10.1 Å². The monoisotopic (exact) mass is 268 g/mol. The van der Waals surface area contributed by atoms with Crippen molar-refractivity contribution in [2.75, 3.05) is 13.2 Å². The van der Waals surface area contributed by atoms with Crippen molar-refractivity contribution in [2.45, 2.75) is 44.9 Å². The molecule has 0 unspecified atom stereocenters. The SMILES string of the molecule is CC(C)(O)C(C)(C)OB(O)c1cnn(C2COC2)c1. The molecular weight excluding hydrogens is 247 g/mol. The molecule has 106 valence electrons. The van der Waals surface area contributed by atoms with Crippen LogP contribution in [0, 0.1) is 0 Å². The minimum Gasteiger partial charge on any atom is -0.423 e. The van der Waals surface area contributed by atoms with Crippen molar-refractivity contribution >= 4 is 12.6 Å². The van der Waals surface area contributed by atoms with Crippen molar-refractivity contribution in [1.82, 2.24) is 9.78 Å². The van der Waals surface area contributed by atoms with Gasteiger partial charge in [0.1, 0.15) is 0 Å². The summed E-state index contributed by atoms with van der Waals surface area (Å²) in [5.74, 6) is 0. The molecule has 1 aromatic heterocycles. The third kappa shape index (κ3) is 3.00. The quantitative estimate of drug-likeness (QED) is 0.717. The van der Waals surface area contributed by atoms with Crippen molar-refractivity contribution in [3.05, 3.63) is 12.4 Å². The number of hydrogen-bond acceptors (Lipinski definition) is 5. The maximum atomic E-state index is 10.1. The zero-order chi connectivity index (χ0) is 14.3. The molecule has 2 N–H and O–H groups in total. The second-order valence-electron chi connectivity index (χ2n) is 5.98. The Morgan fingerprint density at radius 1 is 1.42 bits per heavy atom. The molecule has 2 heterocycles. The first-order valence-electron chi connectivity index (χ1n) is 6.41. The third-order valence-corrected chi connectivity index (χ3v) is 3.78. The van der Waals surface area contributed by atoms with Crippen molar-refractivity contribution < 1.29 is 19.5 Å². The van der Waals surface area contributed by atoms with Crippen LogP contribution in [0.3, 0.4) is 0 Å². The molecule has 0 bridgehead atoms. The molecule has 1 aliphatic heterocycles. The highest BCUT2D eigenvalue weighted by Crippen LogP contribution is 2.25. The van der Waals surface area contributed by atoms with Gasteiger partial charge in [0.05, 0.1) is 30.5 Å². The first-order valence-corrected chi connectivity index (χ1v) is 6.41. The zero-order valence-electron chi connectivity index (χ0n) is 11.8. The smallest absolute Gasteiger partial charge is 0.423 e. The summed E-state index contributed by atoms with van der Waals surface area (Å²) in [6.07, 6.45) is 3.32. The number of aliphatic hydroxyl groups is 1. The number of nitrogens with zero attached hydrogens (tertiary/aromatic N) is 2. The van der Waals surface area contributed by atoms with Crippen LogP contribution in [0.1, 0.15) is 33.7 Å². The van der Waals surface area contributed by atoms with Gasteiger partial charge in [0, 0.05) is 17.9 Å². The Kier molecular flexibility index (Phi) is 3.75. The first-order chi connectivity index (χ1) is 8.71. The summed E-state index contributed by atoms with van der Waals surface area (Å²) in [4.78, 5) is 0. The molecule has 19 heavy (non-hydrogen) atoms. The summed E-state index contributed by atoms with van der Waals surface area (Å²) >= 11 is 0. The lowest BCUT2D eigenvalue weighted by atomic mass is 9.78. The lowest BCUT2D eigenvalue weighted by Crippen LogP contribution is -2.53. The minimum atomic E-state index is -1.11. The number of hydrogen-bond donors (Lipinski definition) is 2. The summed E-state index contributed by atoms with van der Waals surface area (Å²) in [5, 5.41) is 24.3. The normalized spacial score (nSPS) is 17.4. The number of rotatable bonds is 5. The van der Waals surface area contributed by atoms with Crippen LogP contribution in [0.4, 0.5) is 0 Å². The summed E-state index contributed by atoms with van der Waals surface area (Å²) in [7, 11) is -1.11. The van der Waals surface area contributed by atoms with Crippen molar-refractivity contribution in [2.24, 2.45) is 0 Å². The molecule has 0 atom stereocenters. The largest absolute Gasteiger partial charge is 0.494 e. The summed E-state index contributed by atoms with van der Waals surface area (Å²) in [6, 6.07) is 0.239. The molecule has 1 saturated heterocycles. The van der Waals surface area contributed by atoms with Gasteiger partial charge < -0.3 is 19.5 Å². The van der Waals surface area contributed by atoms with E-state index in [2.05, 4.69) is 5.10 Å². The molecule has 1 aromatic rings. The van der Waals surface area contributed by atoms with Gasteiger partial charge in [-0.3, -0.25) is 4.68 Å². The van der Waals surface area contributed by atoms with Gasteiger partial charge >= 0.3 is 7.12 Å². The molecule has 0 spiro atoms. The van der Waals surface area contributed by atoms with E-state index in [4.69, 9.17) is 9.39 Å². The molecule has 0 amide bonds. The van der Waals surface area contributed by atoms with Crippen molar-refractivity contribution in [3.8, 4) is 0 Å². The average molecular weight is 268 g/mol. The van der Waals surface area contributed by atoms with Gasteiger partial charge in [-0.1, -0.05) is 0 Å². The molecule has 6 nitrogen and oxygen atoms in total. The predicted octanol–water partition coefficient (Wildman–Crippen LogP) is -0.292. The minimum absolute atomic E-state index is 0.239. The van der Waals surface area contributed by atoms with Gasteiger partial charge in [0.2, 0.25) is 0 Å². The zero-order valence-corrected chi connectivity index (χ0v) is 11.8. The van der Waals surface area contributed by atoms with E-state index in [1.54, 1.807) is 44.8 Å². The topological polar surface area (TPSA) is 76.7 Å². The Morgan fingerprint density at radius 3 is 2.53 bits per heavy atom. The van der Waals surface area contributed by atoms with Crippen molar-refractivity contribution in [3.63, 3.8) is 0 Å². The molecular formula is C12H21BN2O4. The highest BCUT2D eigenvalue weighted by atomic mass is 16.5. The molecule has 1 fully saturated rings. The predicted molar refractivity (Wildman–Crippen MR) is 71.2 cm³/mol. The standard InChI is InChI=1S/C12H21BN2O4/c1-11(2,16)12(3,4)19-13(17)9-5-14-15(6-9)10-7-18-8-10/h5-6,10,16-17H,7-8H2,1-4H3. The van der Waals surface area contributed by atoms with Gasteiger partial charge in [0.15, 0.2) is 0 Å². The van der Waals surface area contributed by atoms with Crippen LogP contribution < -0.4 is 5.46 Å². The molecule has 0 saturated carbocycles. The van der Waals surface area contributed by atoms with E-state index in [0.29, 0.717) is 18.7 Å². The average Bonchev–Trinajstić information content (AvgIpc) is 2.61. The fourth-order valence-corrected chi connectivity index (χ4v) is 1.55. The fraction of sp³-hybridized carbons (Fsp3) is 0.750. The Balaban J connectivity index is 2.03. The van der Waals surface area contributed by atoms with Gasteiger partial charge in [-0.2, -0.15) is 5.10 Å². The third-order valence-electron chi connectivity index (χ3n) is 3.78. The van der Waals surface area contributed by atoms with Crippen LogP contribution in [-0.2, 0) is 9.39 Å². The van der Waals surface area contributed by atoms with Crippen LogP contribution >= 0.6 is 0 Å². The second kappa shape index (κ2) is 4.90. The highest BCUT2D eigenvalue weighted by molar-refractivity contribution is 6.59. The molecule has 1 aliphatic rings. The van der Waals surface area contributed by atoms with Crippen molar-refractivity contribution in [1.29, 1.82) is 0 Å². The Morgan fingerprint density at radius 2 is 2.05 bits per heavy atom. The van der Waals surface area contributed by atoms with E-state index >= 15 is 0 Å². The summed E-state index contributed by atoms with van der Waals surface area (Å²) in [5.41, 5.74) is -1.37. The van der Waals surface area contributed by atoms with Gasteiger partial charge in [-0.25, -0.2) is 0 Å². The second-order valence-corrected chi connectivity index (χ2v) is 5.98. The van der Waals surface area contributed by atoms with E-state index in [1.807, 2.05) is 0 Å². The van der Waals surface area contributed by atoms with Crippen LogP contribution in [0.25, 0.3) is 0 Å². The maximum absolute atomic E-state index is 10.1.